The minimum atomic E-state index is -1.13. The Hall–Kier alpha value is -2.34. The Kier molecular flexibility index (Phi) is 4.57. The first-order chi connectivity index (χ1) is 11.5. The summed E-state index contributed by atoms with van der Waals surface area (Å²) in [5.41, 5.74) is 3.93. The molecule has 0 bridgehead atoms. The van der Waals surface area contributed by atoms with E-state index >= 15 is 0 Å². The van der Waals surface area contributed by atoms with E-state index in [1.807, 2.05) is 26.1 Å². The van der Waals surface area contributed by atoms with Crippen LogP contribution in [0, 0.1) is 0 Å². The van der Waals surface area contributed by atoms with Gasteiger partial charge in [-0.2, -0.15) is 5.10 Å². The monoisotopic (exact) mass is 347 g/mol. The van der Waals surface area contributed by atoms with Crippen molar-refractivity contribution in [2.75, 3.05) is 7.05 Å². The number of imidazole rings is 1. The third-order valence-corrected chi connectivity index (χ3v) is 4.29. The van der Waals surface area contributed by atoms with Crippen molar-refractivity contribution in [1.29, 1.82) is 0 Å². The van der Waals surface area contributed by atoms with E-state index in [1.54, 1.807) is 12.4 Å². The highest BCUT2D eigenvalue weighted by molar-refractivity contribution is 6.35. The van der Waals surface area contributed by atoms with Crippen LogP contribution in [-0.4, -0.2) is 27.2 Å². The summed E-state index contributed by atoms with van der Waals surface area (Å²) in [6, 6.07) is 3.86. The SMILES string of the molecule is CC/C(NC)=C(\c1cc(Cl)c2[nH]ncc2c1)c1nc(C(C)F)c[nH]1. The predicted octanol–water partition coefficient (Wildman–Crippen LogP) is 4.36. The number of hydrogen-bond donors (Lipinski definition) is 3. The molecular formula is C17H19ClFN5. The predicted molar refractivity (Wildman–Crippen MR) is 94.6 cm³/mol. The van der Waals surface area contributed by atoms with Crippen LogP contribution in [0.5, 0.6) is 0 Å². The molecule has 0 aliphatic carbocycles. The molecule has 126 valence electrons. The number of H-pyrrole nitrogens is 2. The van der Waals surface area contributed by atoms with Gasteiger partial charge in [0.2, 0.25) is 0 Å². The summed E-state index contributed by atoms with van der Waals surface area (Å²) >= 11 is 6.38. The molecular weight excluding hydrogens is 329 g/mol. The van der Waals surface area contributed by atoms with Gasteiger partial charge in [-0.15, -0.1) is 0 Å². The van der Waals surface area contributed by atoms with Crippen LogP contribution in [0.4, 0.5) is 4.39 Å². The summed E-state index contributed by atoms with van der Waals surface area (Å²) in [5, 5.41) is 11.6. The third-order valence-electron chi connectivity index (χ3n) is 3.99. The van der Waals surface area contributed by atoms with Gasteiger partial charge in [0, 0.05) is 29.9 Å². The largest absolute Gasteiger partial charge is 0.391 e. The number of rotatable bonds is 5. The summed E-state index contributed by atoms with van der Waals surface area (Å²) in [4.78, 5) is 7.49. The fourth-order valence-corrected chi connectivity index (χ4v) is 3.03. The molecule has 1 unspecified atom stereocenters. The highest BCUT2D eigenvalue weighted by atomic mass is 35.5. The van der Waals surface area contributed by atoms with Crippen molar-refractivity contribution in [2.45, 2.75) is 26.4 Å². The lowest BCUT2D eigenvalue weighted by Gasteiger charge is -2.13. The van der Waals surface area contributed by atoms with E-state index in [0.29, 0.717) is 16.5 Å². The summed E-state index contributed by atoms with van der Waals surface area (Å²) in [6.07, 6.45) is 2.97. The minimum absolute atomic E-state index is 0.379. The molecule has 0 fully saturated rings. The molecule has 0 spiro atoms. The number of halogens is 2. The van der Waals surface area contributed by atoms with Gasteiger partial charge in [0.05, 0.1) is 22.4 Å². The third kappa shape index (κ3) is 2.89. The molecule has 2 aromatic heterocycles. The number of allylic oxidation sites excluding steroid dienone is 1. The maximum Gasteiger partial charge on any atom is 0.141 e. The topological polar surface area (TPSA) is 69.4 Å². The molecule has 1 aromatic carbocycles. The van der Waals surface area contributed by atoms with Gasteiger partial charge in [-0.25, -0.2) is 9.37 Å². The second-order valence-electron chi connectivity index (χ2n) is 5.54. The fourth-order valence-electron chi connectivity index (χ4n) is 2.76. The van der Waals surface area contributed by atoms with Crippen molar-refractivity contribution in [3.63, 3.8) is 0 Å². The van der Waals surface area contributed by atoms with Gasteiger partial charge in [-0.05, 0) is 31.0 Å². The molecule has 1 atom stereocenters. The Morgan fingerprint density at radius 3 is 2.83 bits per heavy atom. The fraction of sp³-hybridized carbons (Fsp3) is 0.294. The molecule has 7 heteroatoms. The van der Waals surface area contributed by atoms with E-state index in [9.17, 15) is 4.39 Å². The number of alkyl halides is 1. The van der Waals surface area contributed by atoms with Crippen molar-refractivity contribution < 1.29 is 4.39 Å². The lowest BCUT2D eigenvalue weighted by molar-refractivity contribution is 0.367. The average molecular weight is 348 g/mol. The van der Waals surface area contributed by atoms with Gasteiger partial charge in [0.15, 0.2) is 0 Å². The number of nitrogens with one attached hydrogen (secondary N) is 3. The molecule has 0 saturated carbocycles. The molecule has 0 aliphatic rings. The molecule has 2 heterocycles. The molecule has 24 heavy (non-hydrogen) atoms. The summed E-state index contributed by atoms with van der Waals surface area (Å²) in [7, 11) is 1.86. The zero-order valence-electron chi connectivity index (χ0n) is 13.7. The maximum atomic E-state index is 13.6. The van der Waals surface area contributed by atoms with Crippen molar-refractivity contribution in [3.05, 3.63) is 52.3 Å². The van der Waals surface area contributed by atoms with E-state index in [-0.39, 0.29) is 0 Å². The Labute approximate surface area is 144 Å². The number of aromatic amines is 2. The van der Waals surface area contributed by atoms with E-state index in [1.165, 1.54) is 6.92 Å². The van der Waals surface area contributed by atoms with Crippen molar-refractivity contribution in [1.82, 2.24) is 25.5 Å². The van der Waals surface area contributed by atoms with Gasteiger partial charge in [-0.1, -0.05) is 18.5 Å². The van der Waals surface area contributed by atoms with Crippen LogP contribution < -0.4 is 5.32 Å². The summed E-state index contributed by atoms with van der Waals surface area (Å²) in [5.74, 6) is 0.611. The van der Waals surface area contributed by atoms with Crippen LogP contribution >= 0.6 is 11.6 Å². The van der Waals surface area contributed by atoms with E-state index < -0.39 is 6.17 Å². The highest BCUT2D eigenvalue weighted by Gasteiger charge is 2.18. The van der Waals surface area contributed by atoms with Crippen LogP contribution in [0.15, 0.2) is 30.2 Å². The van der Waals surface area contributed by atoms with Crippen molar-refractivity contribution >= 4 is 28.1 Å². The molecule has 0 aliphatic heterocycles. The maximum absolute atomic E-state index is 13.6. The van der Waals surface area contributed by atoms with E-state index in [0.717, 1.165) is 34.2 Å². The van der Waals surface area contributed by atoms with Gasteiger partial charge >= 0.3 is 0 Å². The lowest BCUT2D eigenvalue weighted by Crippen LogP contribution is -2.10. The Balaban J connectivity index is 2.22. The lowest BCUT2D eigenvalue weighted by atomic mass is 10.00. The Morgan fingerprint density at radius 2 is 2.21 bits per heavy atom. The number of benzene rings is 1. The van der Waals surface area contributed by atoms with E-state index in [4.69, 9.17) is 11.6 Å². The average Bonchev–Trinajstić information content (AvgIpc) is 3.21. The number of hydrogen-bond acceptors (Lipinski definition) is 3. The standard InChI is InChI=1S/C17H19ClFN5/c1-4-13(20-3)15(17-21-8-14(23-17)9(2)19)10-5-11-7-22-24-16(11)12(18)6-10/h5-9,20H,4H2,1-3H3,(H,21,23)(H,22,24)/b15-13-. The van der Waals surface area contributed by atoms with Gasteiger partial charge in [-0.3, -0.25) is 5.10 Å². The quantitative estimate of drug-likeness (QED) is 0.642. The molecule has 5 nitrogen and oxygen atoms in total. The Bertz CT molecular complexity index is 887. The van der Waals surface area contributed by atoms with Crippen LogP contribution in [0.25, 0.3) is 16.5 Å². The summed E-state index contributed by atoms with van der Waals surface area (Å²) < 4.78 is 13.6. The van der Waals surface area contributed by atoms with E-state index in [2.05, 4.69) is 25.5 Å². The normalized spacial score (nSPS) is 13.9. The van der Waals surface area contributed by atoms with Crippen LogP contribution in [0.1, 0.15) is 43.5 Å². The molecule has 3 aromatic rings. The number of aromatic nitrogens is 4. The Morgan fingerprint density at radius 1 is 1.42 bits per heavy atom. The number of fused-ring (bicyclic) bond motifs is 1. The second kappa shape index (κ2) is 6.65. The van der Waals surface area contributed by atoms with Gasteiger partial charge < -0.3 is 10.3 Å². The first-order valence-corrected chi connectivity index (χ1v) is 8.16. The first-order valence-electron chi connectivity index (χ1n) is 7.78. The van der Waals surface area contributed by atoms with Crippen LogP contribution in [0.2, 0.25) is 5.02 Å². The zero-order chi connectivity index (χ0) is 17.3. The van der Waals surface area contributed by atoms with Gasteiger partial charge in [0.25, 0.3) is 0 Å². The van der Waals surface area contributed by atoms with Crippen LogP contribution in [-0.2, 0) is 0 Å². The highest BCUT2D eigenvalue weighted by Crippen LogP contribution is 2.32. The molecule has 3 rings (SSSR count). The van der Waals surface area contributed by atoms with Crippen molar-refractivity contribution in [2.24, 2.45) is 0 Å². The van der Waals surface area contributed by atoms with Crippen molar-refractivity contribution in [3.8, 4) is 0 Å². The molecule has 0 radical (unpaired) electrons. The first kappa shape index (κ1) is 16.5. The van der Waals surface area contributed by atoms with Gasteiger partial charge in [0.1, 0.15) is 12.0 Å². The van der Waals surface area contributed by atoms with Crippen LogP contribution in [0.3, 0.4) is 0 Å². The zero-order valence-corrected chi connectivity index (χ0v) is 14.5. The molecule has 0 saturated heterocycles. The number of nitrogens with zero attached hydrogens (tertiary/aromatic N) is 2. The molecule has 3 N–H and O–H groups in total. The minimum Gasteiger partial charge on any atom is -0.391 e. The smallest absolute Gasteiger partial charge is 0.141 e. The summed E-state index contributed by atoms with van der Waals surface area (Å²) in [6.45, 7) is 3.52. The second-order valence-corrected chi connectivity index (χ2v) is 5.95. The molecule has 0 amide bonds.